The summed E-state index contributed by atoms with van der Waals surface area (Å²) in [5.74, 6) is 0. The summed E-state index contributed by atoms with van der Waals surface area (Å²) in [5.41, 5.74) is 11.8. The Morgan fingerprint density at radius 2 is 0.750 bits per heavy atom. The molecule has 4 fully saturated rings. The van der Waals surface area contributed by atoms with Crippen LogP contribution in [0.25, 0.3) is 0 Å². The number of hydrogen-bond acceptors (Lipinski definition) is 3. The molecule has 48 heavy (non-hydrogen) atoms. The van der Waals surface area contributed by atoms with Crippen molar-refractivity contribution in [1.82, 2.24) is 9.34 Å². The van der Waals surface area contributed by atoms with Crippen LogP contribution in [0.2, 0.25) is 6.82 Å². The second kappa shape index (κ2) is 16.8. The maximum absolute atomic E-state index is 3.32. The molecule has 0 radical (unpaired) electrons. The molecule has 2 aromatic carbocycles. The van der Waals surface area contributed by atoms with Crippen LogP contribution < -0.4 is 10.0 Å². The van der Waals surface area contributed by atoms with Crippen molar-refractivity contribution in [3.05, 3.63) is 57.6 Å². The van der Waals surface area contributed by atoms with Gasteiger partial charge in [0.25, 0.3) is 6.85 Å². The Labute approximate surface area is 298 Å². The molecule has 0 spiro atoms. The largest absolute Gasteiger partial charge is 0.366 e. The third-order valence-electron chi connectivity index (χ3n) is 12.8. The minimum Gasteiger partial charge on any atom is -0.366 e. The van der Waals surface area contributed by atoms with Crippen LogP contribution in [0.3, 0.4) is 0 Å². The summed E-state index contributed by atoms with van der Waals surface area (Å²) in [6, 6.07) is 12.8. The molecule has 0 unspecified atom stereocenters. The van der Waals surface area contributed by atoms with Crippen LogP contribution in [0.15, 0.2) is 24.3 Å². The Morgan fingerprint density at radius 1 is 0.458 bits per heavy atom. The molecule has 0 saturated heterocycles. The van der Waals surface area contributed by atoms with E-state index >= 15 is 0 Å². The molecule has 3 nitrogen and oxygen atoms in total. The fraction of sp³-hybridized carbons (Fsp3) is 0.721. The lowest BCUT2D eigenvalue weighted by molar-refractivity contribution is 0.132. The van der Waals surface area contributed by atoms with Crippen LogP contribution in [-0.4, -0.2) is 40.4 Å². The van der Waals surface area contributed by atoms with Crippen molar-refractivity contribution in [2.45, 2.75) is 201 Å². The molecule has 0 atom stereocenters. The first-order valence-corrected chi connectivity index (χ1v) is 21.8. The molecule has 2 aromatic rings. The smallest absolute Gasteiger partial charge is 0.292 e. The standard InChI is InChI=1S/C43H69BN3P/c1-32-28-34(3)42(35(4)29-32)44(7)47(43-36(5)30-33(2)31-37(43)6)48(45(38-20-12-8-13-21-38)39-22-14-9-15-23-39)46(40-24-16-10-17-25-40)41-26-18-11-19-27-41/h28-31,38-41H,8-27H2,1-7H3. The molecule has 4 saturated carbocycles. The van der Waals surface area contributed by atoms with Gasteiger partial charge in [-0.3, -0.25) is 0 Å². The number of hydrogen-bond donors (Lipinski definition) is 0. The summed E-state index contributed by atoms with van der Waals surface area (Å²) in [7, 11) is -0.756. The van der Waals surface area contributed by atoms with Gasteiger partial charge in [0.05, 0.1) is 0 Å². The molecular formula is C43H69BN3P. The van der Waals surface area contributed by atoms with Crippen LogP contribution in [0.1, 0.15) is 162 Å². The van der Waals surface area contributed by atoms with E-state index in [2.05, 4.69) is 86.6 Å². The number of anilines is 1. The fourth-order valence-electron chi connectivity index (χ4n) is 10.8. The molecule has 0 bridgehead atoms. The van der Waals surface area contributed by atoms with Crippen molar-refractivity contribution in [2.75, 3.05) is 4.58 Å². The highest BCUT2D eigenvalue weighted by atomic mass is 31.2. The average molecular weight is 670 g/mol. The third kappa shape index (κ3) is 8.08. The highest BCUT2D eigenvalue weighted by molar-refractivity contribution is 7.57. The molecular weight excluding hydrogens is 600 g/mol. The van der Waals surface area contributed by atoms with Gasteiger partial charge in [0.15, 0.2) is 0 Å². The van der Waals surface area contributed by atoms with E-state index in [1.807, 2.05) is 0 Å². The second-order valence-electron chi connectivity index (χ2n) is 16.8. The van der Waals surface area contributed by atoms with Gasteiger partial charge in [-0.1, -0.05) is 130 Å². The molecule has 0 amide bonds. The van der Waals surface area contributed by atoms with Crippen LogP contribution >= 0.6 is 8.37 Å². The summed E-state index contributed by atoms with van der Waals surface area (Å²) < 4.78 is 9.78. The first-order valence-electron chi connectivity index (χ1n) is 20.6. The monoisotopic (exact) mass is 670 g/mol. The van der Waals surface area contributed by atoms with Crippen molar-refractivity contribution in [3.8, 4) is 0 Å². The van der Waals surface area contributed by atoms with Gasteiger partial charge in [0.2, 0.25) is 0 Å². The number of rotatable bonds is 10. The molecule has 4 aliphatic carbocycles. The zero-order valence-corrected chi connectivity index (χ0v) is 33.0. The first-order chi connectivity index (χ1) is 23.2. The predicted molar refractivity (Wildman–Crippen MR) is 213 cm³/mol. The topological polar surface area (TPSA) is 9.72 Å². The second-order valence-corrected chi connectivity index (χ2v) is 18.7. The lowest BCUT2D eigenvalue weighted by Crippen LogP contribution is -2.58. The third-order valence-corrected chi connectivity index (χ3v) is 15.9. The molecule has 0 heterocycles. The van der Waals surface area contributed by atoms with Gasteiger partial charge in [0, 0.05) is 29.9 Å². The Morgan fingerprint density at radius 3 is 1.06 bits per heavy atom. The summed E-state index contributed by atoms with van der Waals surface area (Å²) in [5, 5.41) is 0. The van der Waals surface area contributed by atoms with Crippen LogP contribution in [0.5, 0.6) is 0 Å². The molecule has 264 valence electrons. The van der Waals surface area contributed by atoms with Gasteiger partial charge in [-0.2, -0.15) is 0 Å². The Bertz CT molecular complexity index is 1210. The van der Waals surface area contributed by atoms with E-state index in [9.17, 15) is 0 Å². The molecule has 0 N–H and O–H groups in total. The highest BCUT2D eigenvalue weighted by Crippen LogP contribution is 2.60. The van der Waals surface area contributed by atoms with E-state index in [-0.39, 0.29) is 0 Å². The van der Waals surface area contributed by atoms with Crippen molar-refractivity contribution in [1.29, 1.82) is 0 Å². The van der Waals surface area contributed by atoms with E-state index < -0.39 is 8.37 Å². The van der Waals surface area contributed by atoms with E-state index in [1.165, 1.54) is 162 Å². The zero-order chi connectivity index (χ0) is 33.8. The Kier molecular flexibility index (Phi) is 12.7. The minimum absolute atomic E-state index is 0.307. The van der Waals surface area contributed by atoms with Crippen LogP contribution in [0, 0.1) is 41.5 Å². The molecule has 5 heteroatoms. The SMILES string of the molecule is CB(c1c(C)cc(C)cc1C)N(c1c(C)cc(C)cc1C)P(N(C1CCCCC1)C1CCCCC1)N(C1CCCCC1)C1CCCCC1. The van der Waals surface area contributed by atoms with Gasteiger partial charge in [-0.25, -0.2) is 9.34 Å². The number of benzene rings is 2. The summed E-state index contributed by atoms with van der Waals surface area (Å²) in [4.78, 5) is 0. The quantitative estimate of drug-likeness (QED) is 0.184. The summed E-state index contributed by atoms with van der Waals surface area (Å²) in [6.45, 7) is 17.2. The molecule has 6 rings (SSSR count). The van der Waals surface area contributed by atoms with E-state index in [4.69, 9.17) is 0 Å². The van der Waals surface area contributed by atoms with Gasteiger partial charge in [-0.05, 0) is 109 Å². The van der Waals surface area contributed by atoms with Crippen molar-refractivity contribution in [3.63, 3.8) is 0 Å². The fourth-order valence-corrected chi connectivity index (χ4v) is 14.5. The summed E-state index contributed by atoms with van der Waals surface area (Å²) >= 11 is 0. The van der Waals surface area contributed by atoms with Gasteiger partial charge < -0.3 is 4.58 Å². The lowest BCUT2D eigenvalue weighted by Gasteiger charge is -2.58. The van der Waals surface area contributed by atoms with E-state index in [1.54, 1.807) is 11.2 Å². The van der Waals surface area contributed by atoms with Crippen molar-refractivity contribution in [2.24, 2.45) is 0 Å². The maximum atomic E-state index is 3.32. The van der Waals surface area contributed by atoms with E-state index in [0.29, 0.717) is 31.0 Å². The van der Waals surface area contributed by atoms with Gasteiger partial charge >= 0.3 is 0 Å². The van der Waals surface area contributed by atoms with Gasteiger partial charge in [-0.15, -0.1) is 0 Å². The van der Waals surface area contributed by atoms with E-state index in [0.717, 1.165) is 0 Å². The van der Waals surface area contributed by atoms with Crippen molar-refractivity contribution >= 4 is 26.4 Å². The van der Waals surface area contributed by atoms with Crippen molar-refractivity contribution < 1.29 is 0 Å². The van der Waals surface area contributed by atoms with Gasteiger partial charge in [0.1, 0.15) is 8.37 Å². The lowest BCUT2D eigenvalue weighted by atomic mass is 9.55. The molecule has 0 aromatic heterocycles. The zero-order valence-electron chi connectivity index (χ0n) is 32.1. The highest BCUT2D eigenvalue weighted by Gasteiger charge is 2.48. The minimum atomic E-state index is -0.756. The van der Waals surface area contributed by atoms with Crippen LogP contribution in [-0.2, 0) is 0 Å². The number of nitrogens with zero attached hydrogens (tertiary/aromatic N) is 3. The molecule has 4 aliphatic rings. The number of aryl methyl sites for hydroxylation is 6. The maximum Gasteiger partial charge on any atom is 0.292 e. The molecule has 0 aliphatic heterocycles. The Hall–Kier alpha value is -1.35. The normalized spacial score (nSPS) is 21.0. The van der Waals surface area contributed by atoms with Crippen LogP contribution in [0.4, 0.5) is 5.69 Å². The predicted octanol–water partition coefficient (Wildman–Crippen LogP) is 12.0. The summed E-state index contributed by atoms with van der Waals surface area (Å²) in [6.07, 6.45) is 28.2. The first kappa shape index (κ1) is 36.4. The Balaban J connectivity index is 1.63. The average Bonchev–Trinajstić information content (AvgIpc) is 3.07.